The van der Waals surface area contributed by atoms with Gasteiger partial charge in [-0.05, 0) is 94.9 Å². The zero-order valence-electron chi connectivity index (χ0n) is 27.1. The van der Waals surface area contributed by atoms with Crippen LogP contribution in [0.3, 0.4) is 0 Å². The van der Waals surface area contributed by atoms with Crippen molar-refractivity contribution in [3.63, 3.8) is 0 Å². The Morgan fingerprint density at radius 3 is 2.17 bits per heavy atom. The largest absolute Gasteiger partial charge is 0.368 e. The molecule has 5 rings (SSSR count). The molecule has 0 saturated heterocycles. The summed E-state index contributed by atoms with van der Waals surface area (Å²) in [7, 11) is 4.06. The first kappa shape index (κ1) is 32.9. The van der Waals surface area contributed by atoms with Crippen LogP contribution in [-0.2, 0) is 17.6 Å². The van der Waals surface area contributed by atoms with Gasteiger partial charge in [0.25, 0.3) is 11.8 Å². The lowest BCUT2D eigenvalue weighted by atomic mass is 9.88. The SMILES string of the molecule is CN(C)c1nc(NC2CCC(N(C(=O)c3ccccc3)[C@@H](CCCCNC(=O)c3ccccc3)C(N)=O)CC2)nc2c1CCCC2. The highest BCUT2D eigenvalue weighted by molar-refractivity contribution is 5.97. The number of amides is 3. The number of nitrogens with two attached hydrogens (primary N) is 1. The third kappa shape index (κ3) is 8.21. The quantitative estimate of drug-likeness (QED) is 0.234. The van der Waals surface area contributed by atoms with E-state index in [1.807, 2.05) is 50.5 Å². The number of nitrogens with one attached hydrogen (secondary N) is 2. The van der Waals surface area contributed by atoms with E-state index in [4.69, 9.17) is 15.7 Å². The number of rotatable bonds is 13. The minimum Gasteiger partial charge on any atom is -0.368 e. The molecule has 1 aromatic heterocycles. The van der Waals surface area contributed by atoms with Crippen LogP contribution in [-0.4, -0.2) is 71.4 Å². The second-order valence-corrected chi connectivity index (χ2v) is 12.7. The van der Waals surface area contributed by atoms with Gasteiger partial charge in [-0.2, -0.15) is 4.98 Å². The van der Waals surface area contributed by atoms with E-state index < -0.39 is 11.9 Å². The fourth-order valence-corrected chi connectivity index (χ4v) is 6.76. The maximum Gasteiger partial charge on any atom is 0.254 e. The van der Waals surface area contributed by atoms with Gasteiger partial charge in [0.15, 0.2) is 0 Å². The van der Waals surface area contributed by atoms with Crippen LogP contribution < -0.4 is 21.3 Å². The molecule has 2 aliphatic carbocycles. The summed E-state index contributed by atoms with van der Waals surface area (Å²) >= 11 is 0. The molecule has 1 saturated carbocycles. The first-order valence-corrected chi connectivity index (χ1v) is 16.7. The standard InChI is InChI=1S/C36H47N7O3/c1-42(2)33-29-17-9-10-18-30(29)40-36(41-33)39-27-20-22-28(23-21-27)43(35(46)26-15-7-4-8-16-26)31(32(37)44)19-11-12-24-38-34(45)25-13-5-3-6-14-25/h3-8,13-16,27-28,31H,9-12,17-24H2,1-2H3,(H2,37,44)(H,38,45)(H,39,40,41)/t27?,28?,31-/m0/s1. The van der Waals surface area contributed by atoms with E-state index >= 15 is 0 Å². The number of aromatic nitrogens is 2. The molecule has 3 aromatic rings. The van der Waals surface area contributed by atoms with Crippen molar-refractivity contribution in [2.24, 2.45) is 5.73 Å². The van der Waals surface area contributed by atoms with Gasteiger partial charge in [0.05, 0.1) is 5.69 Å². The van der Waals surface area contributed by atoms with Crippen molar-refractivity contribution < 1.29 is 14.4 Å². The second kappa shape index (κ2) is 15.7. The van der Waals surface area contributed by atoms with Gasteiger partial charge in [0, 0.05) is 49.4 Å². The molecule has 1 heterocycles. The fourth-order valence-electron chi connectivity index (χ4n) is 6.76. The summed E-state index contributed by atoms with van der Waals surface area (Å²) in [5, 5.41) is 6.53. The molecule has 0 unspecified atom stereocenters. The average molecular weight is 626 g/mol. The third-order valence-electron chi connectivity index (χ3n) is 9.15. The molecule has 10 nitrogen and oxygen atoms in total. The normalized spacial score (nSPS) is 18.1. The summed E-state index contributed by atoms with van der Waals surface area (Å²) in [4.78, 5) is 52.9. The predicted octanol–water partition coefficient (Wildman–Crippen LogP) is 4.74. The van der Waals surface area contributed by atoms with Gasteiger partial charge in [-0.15, -0.1) is 0 Å². The van der Waals surface area contributed by atoms with Crippen LogP contribution in [0.1, 0.15) is 89.8 Å². The molecule has 1 atom stereocenters. The molecule has 2 aliphatic rings. The van der Waals surface area contributed by atoms with E-state index in [-0.39, 0.29) is 23.9 Å². The molecule has 1 fully saturated rings. The molecule has 244 valence electrons. The molecule has 0 aliphatic heterocycles. The minimum atomic E-state index is -0.737. The molecule has 0 bridgehead atoms. The lowest BCUT2D eigenvalue weighted by Gasteiger charge is -2.41. The molecular weight excluding hydrogens is 578 g/mol. The van der Waals surface area contributed by atoms with Crippen molar-refractivity contribution in [1.29, 1.82) is 0 Å². The Bertz CT molecular complexity index is 1470. The van der Waals surface area contributed by atoms with Crippen molar-refractivity contribution in [2.75, 3.05) is 30.9 Å². The first-order valence-electron chi connectivity index (χ1n) is 16.7. The maximum atomic E-state index is 14.0. The van der Waals surface area contributed by atoms with Crippen LogP contribution in [0, 0.1) is 0 Å². The van der Waals surface area contributed by atoms with E-state index in [1.165, 1.54) is 12.0 Å². The second-order valence-electron chi connectivity index (χ2n) is 12.7. The summed E-state index contributed by atoms with van der Waals surface area (Å²) in [5.74, 6) is 0.851. The molecule has 3 amide bonds. The van der Waals surface area contributed by atoms with Crippen molar-refractivity contribution in [2.45, 2.75) is 88.8 Å². The Kier molecular flexibility index (Phi) is 11.2. The number of aryl methyl sites for hydroxylation is 1. The number of benzene rings is 2. The summed E-state index contributed by atoms with van der Waals surface area (Å²) in [6, 6.07) is 17.5. The van der Waals surface area contributed by atoms with Crippen LogP contribution in [0.5, 0.6) is 0 Å². The van der Waals surface area contributed by atoms with E-state index in [0.717, 1.165) is 56.5 Å². The summed E-state index contributed by atoms with van der Waals surface area (Å²) in [5.41, 5.74) is 9.55. The maximum absolute atomic E-state index is 14.0. The van der Waals surface area contributed by atoms with E-state index in [1.54, 1.807) is 29.2 Å². The average Bonchev–Trinajstić information content (AvgIpc) is 3.08. The number of primary amides is 1. The molecule has 0 spiro atoms. The van der Waals surface area contributed by atoms with Crippen molar-refractivity contribution in [1.82, 2.24) is 20.2 Å². The van der Waals surface area contributed by atoms with Crippen LogP contribution in [0.4, 0.5) is 11.8 Å². The van der Waals surface area contributed by atoms with E-state index in [2.05, 4.69) is 15.5 Å². The van der Waals surface area contributed by atoms with Crippen molar-refractivity contribution >= 4 is 29.5 Å². The predicted molar refractivity (Wildman–Crippen MR) is 181 cm³/mol. The number of hydrogen-bond acceptors (Lipinski definition) is 7. The van der Waals surface area contributed by atoms with Gasteiger partial charge >= 0.3 is 0 Å². The molecule has 10 heteroatoms. The highest BCUT2D eigenvalue weighted by atomic mass is 16.2. The number of fused-ring (bicyclic) bond motifs is 1. The van der Waals surface area contributed by atoms with Gasteiger partial charge in [-0.1, -0.05) is 36.4 Å². The molecule has 0 radical (unpaired) electrons. The smallest absolute Gasteiger partial charge is 0.254 e. The monoisotopic (exact) mass is 625 g/mol. The number of anilines is 2. The fraction of sp³-hybridized carbons (Fsp3) is 0.472. The van der Waals surface area contributed by atoms with Crippen LogP contribution in [0.2, 0.25) is 0 Å². The lowest BCUT2D eigenvalue weighted by molar-refractivity contribution is -0.123. The number of unbranched alkanes of at least 4 members (excludes halogenated alkanes) is 1. The van der Waals surface area contributed by atoms with Gasteiger partial charge < -0.3 is 26.2 Å². The van der Waals surface area contributed by atoms with Gasteiger partial charge in [0.2, 0.25) is 11.9 Å². The summed E-state index contributed by atoms with van der Waals surface area (Å²) < 4.78 is 0. The minimum absolute atomic E-state index is 0.122. The van der Waals surface area contributed by atoms with Gasteiger partial charge in [0.1, 0.15) is 11.9 Å². The topological polar surface area (TPSA) is 134 Å². The Morgan fingerprint density at radius 1 is 0.870 bits per heavy atom. The van der Waals surface area contributed by atoms with Crippen LogP contribution in [0.15, 0.2) is 60.7 Å². The van der Waals surface area contributed by atoms with E-state index in [9.17, 15) is 14.4 Å². The van der Waals surface area contributed by atoms with Gasteiger partial charge in [-0.3, -0.25) is 14.4 Å². The van der Waals surface area contributed by atoms with Crippen LogP contribution >= 0.6 is 0 Å². The van der Waals surface area contributed by atoms with Crippen molar-refractivity contribution in [3.8, 4) is 0 Å². The highest BCUT2D eigenvalue weighted by Gasteiger charge is 2.36. The summed E-state index contributed by atoms with van der Waals surface area (Å²) in [6.45, 7) is 0.475. The Labute approximate surface area is 272 Å². The third-order valence-corrected chi connectivity index (χ3v) is 9.15. The molecular formula is C36H47N7O3. The zero-order chi connectivity index (χ0) is 32.5. The number of nitrogens with zero attached hydrogens (tertiary/aromatic N) is 4. The summed E-state index contributed by atoms with van der Waals surface area (Å²) in [6.07, 6.45) is 9.16. The Morgan fingerprint density at radius 2 is 1.52 bits per heavy atom. The zero-order valence-corrected chi connectivity index (χ0v) is 27.1. The molecule has 46 heavy (non-hydrogen) atoms. The van der Waals surface area contributed by atoms with E-state index in [0.29, 0.717) is 42.9 Å². The molecule has 2 aromatic carbocycles. The highest BCUT2D eigenvalue weighted by Crippen LogP contribution is 2.31. The number of hydrogen-bond donors (Lipinski definition) is 3. The Hall–Kier alpha value is -4.47. The van der Waals surface area contributed by atoms with Crippen LogP contribution in [0.25, 0.3) is 0 Å². The number of carbonyl (C=O) groups is 3. The Balaban J connectivity index is 1.23. The van der Waals surface area contributed by atoms with Gasteiger partial charge in [-0.25, -0.2) is 4.98 Å². The lowest BCUT2D eigenvalue weighted by Crippen LogP contribution is -2.54. The van der Waals surface area contributed by atoms with Crippen molar-refractivity contribution in [3.05, 3.63) is 83.0 Å². The molecule has 4 N–H and O–H groups in total. The first-order chi connectivity index (χ1) is 22.3. The number of carbonyl (C=O) groups excluding carboxylic acids is 3.